The van der Waals surface area contributed by atoms with Crippen molar-refractivity contribution in [2.45, 2.75) is 32.2 Å². The first kappa shape index (κ1) is 14.8. The van der Waals surface area contributed by atoms with Crippen LogP contribution >= 0.6 is 27.5 Å². The highest BCUT2D eigenvalue weighted by molar-refractivity contribution is 9.10. The van der Waals surface area contributed by atoms with Gasteiger partial charge in [0.15, 0.2) is 0 Å². The van der Waals surface area contributed by atoms with Gasteiger partial charge in [-0.3, -0.25) is 4.90 Å². The van der Waals surface area contributed by atoms with Crippen molar-refractivity contribution in [1.29, 1.82) is 5.26 Å². The van der Waals surface area contributed by atoms with Gasteiger partial charge in [-0.05, 0) is 54.4 Å². The van der Waals surface area contributed by atoms with E-state index in [4.69, 9.17) is 11.6 Å². The molecule has 102 valence electrons. The van der Waals surface area contributed by atoms with E-state index in [-0.39, 0.29) is 17.4 Å². The largest absolute Gasteiger partial charge is 0.297 e. The van der Waals surface area contributed by atoms with Crippen LogP contribution in [0.25, 0.3) is 0 Å². The Labute approximate surface area is 128 Å². The predicted molar refractivity (Wildman–Crippen MR) is 82.3 cm³/mol. The molecule has 1 aromatic rings. The molecule has 1 aliphatic heterocycles. The Bertz CT molecular complexity index is 516. The number of likely N-dealkylation sites (tertiary alicyclic amines) is 1. The summed E-state index contributed by atoms with van der Waals surface area (Å²) in [5, 5.41) is 10.1. The van der Waals surface area contributed by atoms with E-state index in [0.29, 0.717) is 5.02 Å². The summed E-state index contributed by atoms with van der Waals surface area (Å²) in [4.78, 5) is 2.38. The fourth-order valence-corrected chi connectivity index (χ4v) is 3.00. The smallest absolute Gasteiger partial charge is 0.0676 e. The van der Waals surface area contributed by atoms with Gasteiger partial charge in [-0.25, -0.2) is 0 Å². The molecule has 0 spiro atoms. The molecule has 0 radical (unpaired) electrons. The number of halogens is 2. The van der Waals surface area contributed by atoms with E-state index in [2.05, 4.69) is 53.7 Å². The zero-order chi connectivity index (χ0) is 14.2. The monoisotopic (exact) mass is 340 g/mol. The average molecular weight is 342 g/mol. The highest BCUT2D eigenvalue weighted by Crippen LogP contribution is 2.37. The van der Waals surface area contributed by atoms with Crippen LogP contribution in [0.15, 0.2) is 22.7 Å². The Hall–Kier alpha value is -0.560. The van der Waals surface area contributed by atoms with Gasteiger partial charge in [-0.2, -0.15) is 5.26 Å². The molecule has 0 aromatic heterocycles. The Kier molecular flexibility index (Phi) is 4.25. The molecule has 0 N–H and O–H groups in total. The van der Waals surface area contributed by atoms with Crippen LogP contribution in [0, 0.1) is 17.2 Å². The fraction of sp³-hybridized carbons (Fsp3) is 0.533. The van der Waals surface area contributed by atoms with Crippen molar-refractivity contribution in [3.63, 3.8) is 0 Å². The summed E-state index contributed by atoms with van der Waals surface area (Å²) < 4.78 is 0.900. The summed E-state index contributed by atoms with van der Waals surface area (Å²) in [6.45, 7) is 8.33. The summed E-state index contributed by atoms with van der Waals surface area (Å²) in [6.07, 6.45) is 0. The second-order valence-electron chi connectivity index (χ2n) is 6.09. The number of hydrogen-bond donors (Lipinski definition) is 0. The third-order valence-corrected chi connectivity index (χ3v) is 5.04. The molecule has 2 nitrogen and oxygen atoms in total. The first-order valence-corrected chi connectivity index (χ1v) is 7.59. The minimum atomic E-state index is 0.0384. The number of nitrogens with zero attached hydrogens (tertiary/aromatic N) is 2. The van der Waals surface area contributed by atoms with Crippen molar-refractivity contribution < 1.29 is 0 Å². The van der Waals surface area contributed by atoms with E-state index in [1.807, 2.05) is 12.1 Å². The summed E-state index contributed by atoms with van der Waals surface area (Å²) in [6, 6.07) is 8.46. The van der Waals surface area contributed by atoms with Crippen LogP contribution in [0.4, 0.5) is 0 Å². The van der Waals surface area contributed by atoms with Crippen molar-refractivity contribution in [2.24, 2.45) is 5.92 Å². The SMILES string of the molecule is CC(C)(C)N1C[C@@H](C#N)[C@H](c2ccc(Br)c(Cl)c2)C1. The summed E-state index contributed by atoms with van der Waals surface area (Å²) in [5.41, 5.74) is 1.26. The highest BCUT2D eigenvalue weighted by atomic mass is 79.9. The van der Waals surface area contributed by atoms with Crippen LogP contribution in [0.5, 0.6) is 0 Å². The van der Waals surface area contributed by atoms with Gasteiger partial charge in [0.1, 0.15) is 0 Å². The van der Waals surface area contributed by atoms with E-state index in [1.54, 1.807) is 0 Å². The van der Waals surface area contributed by atoms with E-state index in [9.17, 15) is 5.26 Å². The van der Waals surface area contributed by atoms with Gasteiger partial charge < -0.3 is 0 Å². The molecule has 0 bridgehead atoms. The lowest BCUT2D eigenvalue weighted by Crippen LogP contribution is -2.39. The van der Waals surface area contributed by atoms with E-state index in [0.717, 1.165) is 23.1 Å². The minimum Gasteiger partial charge on any atom is -0.297 e. The predicted octanol–water partition coefficient (Wildman–Crippen LogP) is 4.44. The molecule has 1 aromatic carbocycles. The molecule has 1 heterocycles. The second-order valence-corrected chi connectivity index (χ2v) is 7.35. The third kappa shape index (κ3) is 3.13. The normalized spacial score (nSPS) is 24.4. The molecule has 19 heavy (non-hydrogen) atoms. The Morgan fingerprint density at radius 3 is 2.58 bits per heavy atom. The highest BCUT2D eigenvalue weighted by Gasteiger charge is 2.38. The lowest BCUT2D eigenvalue weighted by molar-refractivity contribution is 0.170. The van der Waals surface area contributed by atoms with Crippen LogP contribution in [-0.2, 0) is 0 Å². The third-order valence-electron chi connectivity index (χ3n) is 3.81. The molecule has 2 rings (SSSR count). The van der Waals surface area contributed by atoms with Gasteiger partial charge in [0, 0.05) is 29.0 Å². The maximum atomic E-state index is 9.39. The van der Waals surface area contributed by atoms with Crippen molar-refractivity contribution in [2.75, 3.05) is 13.1 Å². The molecule has 1 aliphatic rings. The van der Waals surface area contributed by atoms with E-state index < -0.39 is 0 Å². The molecule has 0 saturated carbocycles. The number of rotatable bonds is 1. The fourth-order valence-electron chi connectivity index (χ4n) is 2.56. The molecule has 1 fully saturated rings. The molecule has 1 saturated heterocycles. The van der Waals surface area contributed by atoms with Gasteiger partial charge in [-0.15, -0.1) is 0 Å². The summed E-state index contributed by atoms with van der Waals surface area (Å²) in [7, 11) is 0. The first-order valence-electron chi connectivity index (χ1n) is 6.42. The zero-order valence-electron chi connectivity index (χ0n) is 11.5. The molecule has 0 unspecified atom stereocenters. The Balaban J connectivity index is 2.28. The molecular formula is C15H18BrClN2. The number of benzene rings is 1. The van der Waals surface area contributed by atoms with Gasteiger partial charge in [0.2, 0.25) is 0 Å². The number of hydrogen-bond acceptors (Lipinski definition) is 2. The Morgan fingerprint density at radius 2 is 2.05 bits per heavy atom. The van der Waals surface area contributed by atoms with Gasteiger partial charge in [0.05, 0.1) is 17.0 Å². The van der Waals surface area contributed by atoms with Gasteiger partial charge in [-0.1, -0.05) is 17.7 Å². The second kappa shape index (κ2) is 5.44. The van der Waals surface area contributed by atoms with Crippen molar-refractivity contribution in [3.05, 3.63) is 33.3 Å². The van der Waals surface area contributed by atoms with Crippen LogP contribution in [0.1, 0.15) is 32.3 Å². The topological polar surface area (TPSA) is 27.0 Å². The first-order chi connectivity index (χ1) is 8.82. The van der Waals surface area contributed by atoms with Crippen molar-refractivity contribution in [1.82, 2.24) is 4.90 Å². The van der Waals surface area contributed by atoms with Gasteiger partial charge >= 0.3 is 0 Å². The Morgan fingerprint density at radius 1 is 1.37 bits per heavy atom. The molecule has 2 atom stereocenters. The van der Waals surface area contributed by atoms with Crippen molar-refractivity contribution in [3.8, 4) is 6.07 Å². The number of nitriles is 1. The van der Waals surface area contributed by atoms with Crippen LogP contribution in [-0.4, -0.2) is 23.5 Å². The van der Waals surface area contributed by atoms with Crippen LogP contribution in [0.3, 0.4) is 0 Å². The maximum absolute atomic E-state index is 9.39. The van der Waals surface area contributed by atoms with Gasteiger partial charge in [0.25, 0.3) is 0 Å². The molecule has 0 aliphatic carbocycles. The molecule has 4 heteroatoms. The van der Waals surface area contributed by atoms with Crippen LogP contribution < -0.4 is 0 Å². The maximum Gasteiger partial charge on any atom is 0.0676 e. The summed E-state index contributed by atoms with van der Waals surface area (Å²) in [5.74, 6) is 0.284. The van der Waals surface area contributed by atoms with Crippen molar-refractivity contribution >= 4 is 27.5 Å². The lowest BCUT2D eigenvalue weighted by Gasteiger charge is -2.31. The molecule has 0 amide bonds. The lowest BCUT2D eigenvalue weighted by atomic mass is 9.90. The summed E-state index contributed by atoms with van der Waals surface area (Å²) >= 11 is 9.57. The quantitative estimate of drug-likeness (QED) is 0.755. The minimum absolute atomic E-state index is 0.0384. The van der Waals surface area contributed by atoms with Crippen LogP contribution in [0.2, 0.25) is 5.02 Å². The van der Waals surface area contributed by atoms with E-state index in [1.165, 1.54) is 0 Å². The zero-order valence-corrected chi connectivity index (χ0v) is 13.8. The molecular weight excluding hydrogens is 324 g/mol. The average Bonchev–Trinajstić information content (AvgIpc) is 2.76. The van der Waals surface area contributed by atoms with E-state index >= 15 is 0 Å². The standard InChI is InChI=1S/C15H18BrClN2/c1-15(2,3)19-8-11(7-18)12(9-19)10-4-5-13(16)14(17)6-10/h4-6,11-12H,8-9H2,1-3H3/t11-,12+/m1/s1.